The van der Waals surface area contributed by atoms with E-state index in [1.54, 1.807) is 6.07 Å². The molecule has 0 heterocycles. The molecule has 2 rings (SSSR count). The summed E-state index contributed by atoms with van der Waals surface area (Å²) in [6, 6.07) is 7.38. The fourth-order valence-corrected chi connectivity index (χ4v) is 1.88. The summed E-state index contributed by atoms with van der Waals surface area (Å²) in [5.74, 6) is -1.46. The molecule has 0 atom stereocenters. The molecule has 0 aromatic heterocycles. The number of hydrogen-bond acceptors (Lipinski definition) is 3. The zero-order valence-electron chi connectivity index (χ0n) is 10.2. The van der Waals surface area contributed by atoms with E-state index in [-0.39, 0.29) is 0 Å². The first-order valence-corrected chi connectivity index (χ1v) is 5.87. The van der Waals surface area contributed by atoms with Gasteiger partial charge in [0.2, 0.25) is 5.91 Å². The molecule has 1 fully saturated rings. The van der Waals surface area contributed by atoms with E-state index in [1.165, 1.54) is 0 Å². The van der Waals surface area contributed by atoms with Crippen LogP contribution in [-0.2, 0) is 16.1 Å². The molecule has 0 radical (unpaired) electrons. The maximum absolute atomic E-state index is 11.9. The molecule has 1 amide bonds. The number of carbonyl (C=O) groups excluding carboxylic acids is 1. The van der Waals surface area contributed by atoms with Crippen LogP contribution in [0.4, 0.5) is 5.69 Å². The van der Waals surface area contributed by atoms with Crippen molar-refractivity contribution in [3.05, 3.63) is 29.8 Å². The van der Waals surface area contributed by atoms with Gasteiger partial charge in [0.05, 0.1) is 0 Å². The predicted octanol–water partition coefficient (Wildman–Crippen LogP) is 1.21. The number of carboxylic acids is 1. The molecule has 0 spiro atoms. The van der Waals surface area contributed by atoms with Crippen molar-refractivity contribution in [3.8, 4) is 0 Å². The van der Waals surface area contributed by atoms with Crippen LogP contribution in [0, 0.1) is 5.41 Å². The Morgan fingerprint density at radius 3 is 2.67 bits per heavy atom. The van der Waals surface area contributed by atoms with E-state index in [1.807, 2.05) is 25.2 Å². The summed E-state index contributed by atoms with van der Waals surface area (Å²) in [7, 11) is 1.84. The Kier molecular flexibility index (Phi) is 3.34. The second-order valence-electron chi connectivity index (χ2n) is 4.57. The van der Waals surface area contributed by atoms with Crippen molar-refractivity contribution in [2.75, 3.05) is 12.4 Å². The van der Waals surface area contributed by atoms with E-state index in [0.717, 1.165) is 5.56 Å². The second-order valence-corrected chi connectivity index (χ2v) is 4.57. The van der Waals surface area contributed by atoms with Gasteiger partial charge < -0.3 is 15.7 Å². The van der Waals surface area contributed by atoms with Gasteiger partial charge in [-0.3, -0.25) is 9.59 Å². The molecule has 0 bridgehead atoms. The third-order valence-corrected chi connectivity index (χ3v) is 3.16. The van der Waals surface area contributed by atoms with Crippen LogP contribution in [0.15, 0.2) is 24.3 Å². The number of aliphatic carboxylic acids is 1. The zero-order valence-corrected chi connectivity index (χ0v) is 10.2. The number of carboxylic acid groups (broad SMARTS) is 1. The van der Waals surface area contributed by atoms with Gasteiger partial charge in [0, 0.05) is 12.2 Å². The molecular weight excluding hydrogens is 232 g/mol. The van der Waals surface area contributed by atoms with Gasteiger partial charge in [0.1, 0.15) is 5.41 Å². The van der Waals surface area contributed by atoms with E-state index < -0.39 is 17.3 Å². The summed E-state index contributed by atoms with van der Waals surface area (Å²) in [5, 5.41) is 14.7. The molecule has 0 saturated heterocycles. The average Bonchev–Trinajstić information content (AvgIpc) is 3.10. The van der Waals surface area contributed by atoms with Crippen LogP contribution in [-0.4, -0.2) is 24.0 Å². The normalized spacial score (nSPS) is 16.1. The minimum Gasteiger partial charge on any atom is -0.480 e. The molecular formula is C13H16N2O3. The first-order valence-electron chi connectivity index (χ1n) is 5.87. The molecule has 1 aliphatic rings. The number of benzene rings is 1. The summed E-state index contributed by atoms with van der Waals surface area (Å²) < 4.78 is 0. The van der Waals surface area contributed by atoms with Crippen molar-refractivity contribution in [1.29, 1.82) is 0 Å². The Balaban J connectivity index is 2.08. The summed E-state index contributed by atoms with van der Waals surface area (Å²) in [6.07, 6.45) is 0.842. The number of anilines is 1. The minimum absolute atomic E-state index is 0.420. The van der Waals surface area contributed by atoms with E-state index in [2.05, 4.69) is 10.6 Å². The van der Waals surface area contributed by atoms with Gasteiger partial charge in [-0.1, -0.05) is 12.1 Å². The van der Waals surface area contributed by atoms with Crippen LogP contribution in [0.25, 0.3) is 0 Å². The SMILES string of the molecule is CNCc1cccc(NC(=O)C2(C(=O)O)CC2)c1. The second kappa shape index (κ2) is 4.78. The van der Waals surface area contributed by atoms with Gasteiger partial charge in [-0.15, -0.1) is 0 Å². The standard InChI is InChI=1S/C13H16N2O3/c1-14-8-9-3-2-4-10(7-9)15-11(16)13(5-6-13)12(17)18/h2-4,7,14H,5-6,8H2,1H3,(H,15,16)(H,17,18). The van der Waals surface area contributed by atoms with Crippen molar-refractivity contribution in [2.45, 2.75) is 19.4 Å². The average molecular weight is 248 g/mol. The minimum atomic E-state index is -1.20. The summed E-state index contributed by atoms with van der Waals surface area (Å²) in [4.78, 5) is 22.9. The third-order valence-electron chi connectivity index (χ3n) is 3.16. The fourth-order valence-electron chi connectivity index (χ4n) is 1.88. The molecule has 3 N–H and O–H groups in total. The highest BCUT2D eigenvalue weighted by Gasteiger charge is 2.57. The van der Waals surface area contributed by atoms with Crippen molar-refractivity contribution in [1.82, 2.24) is 5.32 Å². The molecule has 0 aliphatic heterocycles. The Morgan fingerprint density at radius 1 is 1.39 bits per heavy atom. The van der Waals surface area contributed by atoms with Crippen molar-refractivity contribution < 1.29 is 14.7 Å². The van der Waals surface area contributed by atoms with Gasteiger partial charge in [0.25, 0.3) is 0 Å². The largest absolute Gasteiger partial charge is 0.480 e. The first-order chi connectivity index (χ1) is 8.58. The number of amides is 1. The quantitative estimate of drug-likeness (QED) is 0.684. The topological polar surface area (TPSA) is 78.4 Å². The number of hydrogen-bond donors (Lipinski definition) is 3. The lowest BCUT2D eigenvalue weighted by molar-refractivity contribution is -0.147. The summed E-state index contributed by atoms with van der Waals surface area (Å²) >= 11 is 0. The molecule has 1 saturated carbocycles. The summed E-state index contributed by atoms with van der Waals surface area (Å²) in [6.45, 7) is 0.702. The maximum Gasteiger partial charge on any atom is 0.319 e. The van der Waals surface area contributed by atoms with Crippen LogP contribution < -0.4 is 10.6 Å². The van der Waals surface area contributed by atoms with Crippen LogP contribution >= 0.6 is 0 Å². The van der Waals surface area contributed by atoms with Gasteiger partial charge in [-0.05, 0) is 37.6 Å². The van der Waals surface area contributed by atoms with Crippen LogP contribution in [0.3, 0.4) is 0 Å². The fraction of sp³-hybridized carbons (Fsp3) is 0.385. The molecule has 1 aromatic carbocycles. The lowest BCUT2D eigenvalue weighted by Crippen LogP contribution is -2.31. The maximum atomic E-state index is 11.9. The molecule has 1 aliphatic carbocycles. The van der Waals surface area contributed by atoms with Gasteiger partial charge >= 0.3 is 5.97 Å². The Labute approximate surface area is 105 Å². The molecule has 5 heteroatoms. The van der Waals surface area contributed by atoms with E-state index in [4.69, 9.17) is 5.11 Å². The lowest BCUT2D eigenvalue weighted by Gasteiger charge is -2.11. The van der Waals surface area contributed by atoms with E-state index >= 15 is 0 Å². The van der Waals surface area contributed by atoms with E-state index in [9.17, 15) is 9.59 Å². The van der Waals surface area contributed by atoms with Gasteiger partial charge in [0.15, 0.2) is 0 Å². The van der Waals surface area contributed by atoms with Crippen LogP contribution in [0.1, 0.15) is 18.4 Å². The highest BCUT2D eigenvalue weighted by Crippen LogP contribution is 2.46. The highest BCUT2D eigenvalue weighted by molar-refractivity contribution is 6.10. The molecule has 18 heavy (non-hydrogen) atoms. The van der Waals surface area contributed by atoms with Gasteiger partial charge in [-0.25, -0.2) is 0 Å². The molecule has 1 aromatic rings. The lowest BCUT2D eigenvalue weighted by atomic mass is 10.1. The van der Waals surface area contributed by atoms with Crippen molar-refractivity contribution >= 4 is 17.6 Å². The number of rotatable bonds is 5. The third kappa shape index (κ3) is 2.36. The number of carbonyl (C=O) groups is 2. The smallest absolute Gasteiger partial charge is 0.319 e. The Hall–Kier alpha value is -1.88. The zero-order chi connectivity index (χ0) is 13.2. The molecule has 96 valence electrons. The number of nitrogens with one attached hydrogen (secondary N) is 2. The van der Waals surface area contributed by atoms with Crippen LogP contribution in [0.5, 0.6) is 0 Å². The van der Waals surface area contributed by atoms with Gasteiger partial charge in [-0.2, -0.15) is 0 Å². The van der Waals surface area contributed by atoms with Crippen LogP contribution in [0.2, 0.25) is 0 Å². The Morgan fingerprint density at radius 2 is 2.11 bits per heavy atom. The predicted molar refractivity (Wildman–Crippen MR) is 67.1 cm³/mol. The molecule has 5 nitrogen and oxygen atoms in total. The van der Waals surface area contributed by atoms with E-state index in [0.29, 0.717) is 25.1 Å². The van der Waals surface area contributed by atoms with Crippen molar-refractivity contribution in [2.24, 2.45) is 5.41 Å². The summed E-state index contributed by atoms with van der Waals surface area (Å²) in [5.41, 5.74) is 0.481. The first kappa shape index (κ1) is 12.6. The Bertz CT molecular complexity index is 481. The molecule has 0 unspecified atom stereocenters. The highest BCUT2D eigenvalue weighted by atomic mass is 16.4. The monoisotopic (exact) mass is 248 g/mol. The van der Waals surface area contributed by atoms with Crippen molar-refractivity contribution in [3.63, 3.8) is 0 Å².